The first kappa shape index (κ1) is 21.8. The Balaban J connectivity index is 0.00000256. The first-order valence-electron chi connectivity index (χ1n) is 9.90. The van der Waals surface area contributed by atoms with E-state index < -0.39 is 5.54 Å². The van der Waals surface area contributed by atoms with E-state index in [9.17, 15) is 9.59 Å². The Morgan fingerprint density at radius 2 is 1.77 bits per heavy atom. The van der Waals surface area contributed by atoms with Gasteiger partial charge in [0, 0.05) is 31.2 Å². The van der Waals surface area contributed by atoms with Crippen LogP contribution in [0.15, 0.2) is 71.9 Å². The third-order valence-electron chi connectivity index (χ3n) is 5.52. The Morgan fingerprint density at radius 3 is 2.43 bits per heavy atom. The molecule has 30 heavy (non-hydrogen) atoms. The monoisotopic (exact) mass is 427 g/mol. The number of carbonyl (C=O) groups is 1. The number of nitrogens with zero attached hydrogens (tertiary/aromatic N) is 3. The minimum absolute atomic E-state index is 0. The summed E-state index contributed by atoms with van der Waals surface area (Å²) in [5.74, 6) is 0.00242. The highest BCUT2D eigenvalue weighted by molar-refractivity contribution is 5.85. The Morgan fingerprint density at radius 1 is 1.03 bits per heavy atom. The molecule has 1 amide bonds. The van der Waals surface area contributed by atoms with Gasteiger partial charge in [-0.2, -0.15) is 5.10 Å². The summed E-state index contributed by atoms with van der Waals surface area (Å²) in [5.41, 5.74) is 1.41. The number of halogens is 1. The van der Waals surface area contributed by atoms with E-state index in [2.05, 4.69) is 15.7 Å². The van der Waals surface area contributed by atoms with Crippen LogP contribution >= 0.6 is 12.4 Å². The van der Waals surface area contributed by atoms with E-state index in [0.29, 0.717) is 25.9 Å². The van der Waals surface area contributed by atoms with Gasteiger partial charge in [0.25, 0.3) is 5.56 Å². The molecule has 2 N–H and O–H groups in total. The normalized spacial score (nSPS) is 15.2. The smallest absolute Gasteiger partial charge is 0.250 e. The van der Waals surface area contributed by atoms with Crippen LogP contribution in [0.1, 0.15) is 24.0 Å². The van der Waals surface area contributed by atoms with Crippen molar-refractivity contribution in [1.82, 2.24) is 25.0 Å². The maximum atomic E-state index is 13.1. The number of hydrogen-bond donors (Lipinski definition) is 2. The highest BCUT2D eigenvalue weighted by Gasteiger charge is 2.41. The lowest BCUT2D eigenvalue weighted by Gasteiger charge is -2.36. The molecule has 3 aromatic rings. The van der Waals surface area contributed by atoms with Gasteiger partial charge in [0.05, 0.1) is 6.54 Å². The van der Waals surface area contributed by atoms with E-state index in [1.54, 1.807) is 33.8 Å². The molecule has 0 radical (unpaired) electrons. The SMILES string of the molecule is Cl.O=C(NCc1ccc(Cn2ccccc2=O)cc1)C1(n2cccn2)CCNCC1. The molecule has 1 aliphatic rings. The number of benzene rings is 1. The quantitative estimate of drug-likeness (QED) is 0.629. The zero-order valence-electron chi connectivity index (χ0n) is 16.7. The Hall–Kier alpha value is -2.90. The molecule has 1 aliphatic heterocycles. The number of rotatable bonds is 6. The van der Waals surface area contributed by atoms with Crippen LogP contribution in [-0.2, 0) is 23.4 Å². The van der Waals surface area contributed by atoms with E-state index in [4.69, 9.17) is 0 Å². The van der Waals surface area contributed by atoms with Gasteiger partial charge in [-0.25, -0.2) is 0 Å². The molecule has 1 saturated heterocycles. The Kier molecular flexibility index (Phi) is 7.07. The average molecular weight is 428 g/mol. The lowest BCUT2D eigenvalue weighted by atomic mass is 9.87. The summed E-state index contributed by atoms with van der Waals surface area (Å²) >= 11 is 0. The molecule has 4 rings (SSSR count). The lowest BCUT2D eigenvalue weighted by molar-refractivity contribution is -0.132. The first-order valence-corrected chi connectivity index (χ1v) is 9.90. The molecule has 7 nitrogen and oxygen atoms in total. The topological polar surface area (TPSA) is 81.0 Å². The summed E-state index contributed by atoms with van der Waals surface area (Å²) in [4.78, 5) is 24.9. The van der Waals surface area contributed by atoms with Crippen LogP contribution in [0.25, 0.3) is 0 Å². The molecule has 0 bridgehead atoms. The number of pyridine rings is 1. The predicted molar refractivity (Wildman–Crippen MR) is 118 cm³/mol. The second kappa shape index (κ2) is 9.73. The van der Waals surface area contributed by atoms with Crippen LogP contribution in [0.5, 0.6) is 0 Å². The molecule has 1 fully saturated rings. The van der Waals surface area contributed by atoms with Gasteiger partial charge in [0.2, 0.25) is 5.91 Å². The van der Waals surface area contributed by atoms with Gasteiger partial charge in [0.15, 0.2) is 0 Å². The van der Waals surface area contributed by atoms with E-state index in [1.807, 2.05) is 42.6 Å². The zero-order chi connectivity index (χ0) is 20.1. The third kappa shape index (κ3) is 4.63. The summed E-state index contributed by atoms with van der Waals surface area (Å²) in [6.45, 7) is 2.57. The van der Waals surface area contributed by atoms with Gasteiger partial charge in [-0.05, 0) is 49.2 Å². The number of amides is 1. The molecule has 2 aromatic heterocycles. The molecule has 0 saturated carbocycles. The highest BCUT2D eigenvalue weighted by atomic mass is 35.5. The molecule has 8 heteroatoms. The molecule has 1 aromatic carbocycles. The van der Waals surface area contributed by atoms with Crippen LogP contribution in [-0.4, -0.2) is 33.3 Å². The van der Waals surface area contributed by atoms with Crippen molar-refractivity contribution in [3.05, 3.63) is 88.6 Å². The van der Waals surface area contributed by atoms with Crippen LogP contribution in [0.2, 0.25) is 0 Å². The van der Waals surface area contributed by atoms with Crippen molar-refractivity contribution in [2.45, 2.75) is 31.5 Å². The number of aromatic nitrogens is 3. The molecule has 0 aliphatic carbocycles. The van der Waals surface area contributed by atoms with E-state index in [1.165, 1.54) is 0 Å². The van der Waals surface area contributed by atoms with Crippen molar-refractivity contribution in [3.8, 4) is 0 Å². The van der Waals surface area contributed by atoms with Gasteiger partial charge in [-0.3, -0.25) is 14.3 Å². The molecular formula is C22H26ClN5O2. The molecule has 0 unspecified atom stereocenters. The van der Waals surface area contributed by atoms with Crippen molar-refractivity contribution >= 4 is 18.3 Å². The molecule has 0 atom stereocenters. The van der Waals surface area contributed by atoms with Crippen molar-refractivity contribution < 1.29 is 4.79 Å². The summed E-state index contributed by atoms with van der Waals surface area (Å²) in [5, 5.41) is 10.8. The van der Waals surface area contributed by atoms with Crippen LogP contribution < -0.4 is 16.2 Å². The number of carbonyl (C=O) groups excluding carboxylic acids is 1. The zero-order valence-corrected chi connectivity index (χ0v) is 17.5. The minimum Gasteiger partial charge on any atom is -0.350 e. The summed E-state index contributed by atoms with van der Waals surface area (Å²) in [6.07, 6.45) is 6.79. The molecular weight excluding hydrogens is 402 g/mol. The predicted octanol–water partition coefficient (Wildman–Crippen LogP) is 1.91. The molecule has 0 spiro atoms. The largest absolute Gasteiger partial charge is 0.350 e. The fourth-order valence-corrected chi connectivity index (χ4v) is 3.82. The fraction of sp³-hybridized carbons (Fsp3) is 0.318. The van der Waals surface area contributed by atoms with Gasteiger partial charge in [0.1, 0.15) is 5.54 Å². The van der Waals surface area contributed by atoms with Crippen molar-refractivity contribution in [3.63, 3.8) is 0 Å². The fourth-order valence-electron chi connectivity index (χ4n) is 3.82. The third-order valence-corrected chi connectivity index (χ3v) is 5.52. The minimum atomic E-state index is -0.636. The maximum absolute atomic E-state index is 13.1. The van der Waals surface area contributed by atoms with E-state index in [0.717, 1.165) is 24.2 Å². The van der Waals surface area contributed by atoms with Gasteiger partial charge < -0.3 is 15.2 Å². The summed E-state index contributed by atoms with van der Waals surface area (Å²) in [7, 11) is 0. The van der Waals surface area contributed by atoms with Crippen molar-refractivity contribution in [1.29, 1.82) is 0 Å². The Labute approximate surface area is 181 Å². The second-order valence-corrected chi connectivity index (χ2v) is 7.40. The maximum Gasteiger partial charge on any atom is 0.250 e. The van der Waals surface area contributed by atoms with Crippen LogP contribution in [0.4, 0.5) is 0 Å². The van der Waals surface area contributed by atoms with Crippen molar-refractivity contribution in [2.75, 3.05) is 13.1 Å². The second-order valence-electron chi connectivity index (χ2n) is 7.40. The van der Waals surface area contributed by atoms with Gasteiger partial charge in [-0.1, -0.05) is 30.3 Å². The molecule has 158 valence electrons. The van der Waals surface area contributed by atoms with Crippen molar-refractivity contribution in [2.24, 2.45) is 0 Å². The number of piperidine rings is 1. The van der Waals surface area contributed by atoms with E-state index in [-0.39, 0.29) is 23.9 Å². The van der Waals surface area contributed by atoms with Gasteiger partial charge in [-0.15, -0.1) is 12.4 Å². The standard InChI is InChI=1S/C22H25N5O2.ClH/c28-20-4-1-2-14-26(20)17-19-7-5-18(6-8-19)16-24-21(29)22(9-12-23-13-10-22)27-15-3-11-25-27;/h1-8,11,14-15,23H,9-10,12-13,16-17H2,(H,24,29);1H. The first-order chi connectivity index (χ1) is 14.2. The van der Waals surface area contributed by atoms with E-state index >= 15 is 0 Å². The number of nitrogens with one attached hydrogen (secondary N) is 2. The summed E-state index contributed by atoms with van der Waals surface area (Å²) in [6, 6.07) is 15.0. The Bertz CT molecular complexity index is 1010. The van der Waals surface area contributed by atoms with Gasteiger partial charge >= 0.3 is 0 Å². The van der Waals surface area contributed by atoms with Crippen LogP contribution in [0.3, 0.4) is 0 Å². The summed E-state index contributed by atoms with van der Waals surface area (Å²) < 4.78 is 3.46. The average Bonchev–Trinajstić information content (AvgIpc) is 3.31. The lowest BCUT2D eigenvalue weighted by Crippen LogP contribution is -2.54. The number of hydrogen-bond acceptors (Lipinski definition) is 4. The highest BCUT2D eigenvalue weighted by Crippen LogP contribution is 2.27. The molecule has 3 heterocycles. The van der Waals surface area contributed by atoms with Crippen LogP contribution in [0, 0.1) is 0 Å².